The summed E-state index contributed by atoms with van der Waals surface area (Å²) in [5.41, 5.74) is 4.44. The zero-order valence-corrected chi connectivity index (χ0v) is 18.7. The van der Waals surface area contributed by atoms with Crippen LogP contribution in [-0.4, -0.2) is 24.4 Å². The van der Waals surface area contributed by atoms with E-state index in [-0.39, 0.29) is 11.5 Å². The quantitative estimate of drug-likeness (QED) is 0.339. The van der Waals surface area contributed by atoms with E-state index < -0.39 is 0 Å². The van der Waals surface area contributed by atoms with E-state index in [1.807, 2.05) is 54.6 Å². The van der Waals surface area contributed by atoms with Gasteiger partial charge in [-0.1, -0.05) is 61.7 Å². The van der Waals surface area contributed by atoms with Crippen LogP contribution in [0.4, 0.5) is 0 Å². The van der Waals surface area contributed by atoms with Gasteiger partial charge in [-0.05, 0) is 49.0 Å². The fourth-order valence-corrected chi connectivity index (χ4v) is 3.93. The number of ether oxygens (including phenoxy) is 2. The lowest BCUT2D eigenvalue weighted by atomic mass is 9.92. The smallest absolute Gasteiger partial charge is 0.126 e. The van der Waals surface area contributed by atoms with Gasteiger partial charge in [0.05, 0.1) is 14.2 Å². The van der Waals surface area contributed by atoms with Crippen molar-refractivity contribution in [1.82, 2.24) is 0 Å². The number of para-hydroxylation sites is 2. The zero-order valence-electron chi connectivity index (χ0n) is 18.7. The van der Waals surface area contributed by atoms with E-state index >= 15 is 0 Å². The SMILES string of the molecule is C=C/C(CCc1cccc(-c2ccccc2OC)c1O)=C(/O)C(=C)C1=C(OC)C=CCC1. The van der Waals surface area contributed by atoms with Gasteiger partial charge in [0.15, 0.2) is 0 Å². The Bertz CT molecular complexity index is 1100. The van der Waals surface area contributed by atoms with E-state index in [2.05, 4.69) is 13.2 Å². The van der Waals surface area contributed by atoms with Crippen LogP contribution in [0.1, 0.15) is 24.8 Å². The van der Waals surface area contributed by atoms with Crippen LogP contribution in [0, 0.1) is 0 Å². The van der Waals surface area contributed by atoms with Crippen molar-refractivity contribution in [3.8, 4) is 22.6 Å². The van der Waals surface area contributed by atoms with Crippen LogP contribution >= 0.6 is 0 Å². The van der Waals surface area contributed by atoms with Gasteiger partial charge in [-0.2, -0.15) is 0 Å². The number of benzene rings is 2. The molecular formula is C28H30O4. The minimum Gasteiger partial charge on any atom is -0.507 e. The Morgan fingerprint density at radius 3 is 2.53 bits per heavy atom. The lowest BCUT2D eigenvalue weighted by Crippen LogP contribution is -2.04. The van der Waals surface area contributed by atoms with Gasteiger partial charge in [0.25, 0.3) is 0 Å². The number of phenols is 1. The van der Waals surface area contributed by atoms with Crippen LogP contribution in [0.5, 0.6) is 11.5 Å². The molecule has 0 radical (unpaired) electrons. The van der Waals surface area contributed by atoms with Crippen molar-refractivity contribution < 1.29 is 19.7 Å². The third-order valence-corrected chi connectivity index (χ3v) is 5.73. The first kappa shape index (κ1) is 23.0. The number of hydrogen-bond donors (Lipinski definition) is 2. The molecule has 0 atom stereocenters. The van der Waals surface area contributed by atoms with Crippen molar-refractivity contribution in [2.45, 2.75) is 25.7 Å². The standard InChI is InChI=1S/C28H30O4/c1-5-20(27(29)19(2)22-12-6-8-15-25(22)31-3)17-18-21-11-10-14-24(28(21)30)23-13-7-9-16-26(23)32-4/h5,7-11,13-16,29-30H,1-2,6,12,17-18H2,3-4H3/b27-20-. The minimum atomic E-state index is 0.111. The highest BCUT2D eigenvalue weighted by molar-refractivity contribution is 5.76. The molecule has 2 aromatic rings. The van der Waals surface area contributed by atoms with Crippen LogP contribution in [0.25, 0.3) is 11.1 Å². The molecule has 0 amide bonds. The predicted molar refractivity (Wildman–Crippen MR) is 130 cm³/mol. The van der Waals surface area contributed by atoms with Crippen molar-refractivity contribution in [2.75, 3.05) is 14.2 Å². The maximum atomic E-state index is 11.0. The molecule has 0 unspecified atom stereocenters. The summed E-state index contributed by atoms with van der Waals surface area (Å²) in [4.78, 5) is 0. The molecule has 0 aromatic heterocycles. The van der Waals surface area contributed by atoms with Crippen LogP contribution in [0.15, 0.2) is 102 Å². The zero-order chi connectivity index (χ0) is 23.1. The second-order valence-corrected chi connectivity index (χ2v) is 7.56. The monoisotopic (exact) mass is 430 g/mol. The van der Waals surface area contributed by atoms with Crippen molar-refractivity contribution >= 4 is 0 Å². The topological polar surface area (TPSA) is 58.9 Å². The van der Waals surface area contributed by atoms with Crippen LogP contribution < -0.4 is 4.74 Å². The summed E-state index contributed by atoms with van der Waals surface area (Å²) in [7, 11) is 3.23. The Morgan fingerprint density at radius 2 is 1.81 bits per heavy atom. The number of rotatable bonds is 9. The van der Waals surface area contributed by atoms with Gasteiger partial charge in [0, 0.05) is 22.3 Å². The number of aryl methyl sites for hydroxylation is 1. The van der Waals surface area contributed by atoms with Crippen molar-refractivity contribution in [3.05, 3.63) is 108 Å². The molecule has 0 saturated heterocycles. The second-order valence-electron chi connectivity index (χ2n) is 7.56. The molecule has 2 aromatic carbocycles. The first-order chi connectivity index (χ1) is 15.5. The fraction of sp³-hybridized carbons (Fsp3) is 0.214. The largest absolute Gasteiger partial charge is 0.507 e. The van der Waals surface area contributed by atoms with Crippen LogP contribution in [0.2, 0.25) is 0 Å². The molecule has 0 saturated carbocycles. The number of phenolic OH excluding ortho intramolecular Hbond substituents is 1. The van der Waals surface area contributed by atoms with Gasteiger partial charge in [-0.25, -0.2) is 0 Å². The van der Waals surface area contributed by atoms with Gasteiger partial charge < -0.3 is 19.7 Å². The van der Waals surface area contributed by atoms with E-state index in [0.29, 0.717) is 35.3 Å². The average molecular weight is 431 g/mol. The Hall–Kier alpha value is -3.66. The molecule has 166 valence electrons. The number of methoxy groups -OCH3 is 2. The third-order valence-electron chi connectivity index (χ3n) is 5.73. The highest BCUT2D eigenvalue weighted by atomic mass is 16.5. The third kappa shape index (κ3) is 4.80. The molecule has 0 spiro atoms. The maximum Gasteiger partial charge on any atom is 0.126 e. The number of allylic oxidation sites excluding steroid dienone is 5. The van der Waals surface area contributed by atoms with Crippen LogP contribution in [0.3, 0.4) is 0 Å². The first-order valence-electron chi connectivity index (χ1n) is 10.6. The van der Waals surface area contributed by atoms with Crippen molar-refractivity contribution in [3.63, 3.8) is 0 Å². The van der Waals surface area contributed by atoms with Gasteiger partial charge in [-0.3, -0.25) is 0 Å². The molecule has 0 aliphatic heterocycles. The summed E-state index contributed by atoms with van der Waals surface area (Å²) < 4.78 is 10.9. The number of aliphatic hydroxyl groups is 1. The summed E-state index contributed by atoms with van der Waals surface area (Å²) >= 11 is 0. The summed E-state index contributed by atoms with van der Waals surface area (Å²) in [6, 6.07) is 13.3. The Labute approximate surface area is 190 Å². The molecule has 4 heteroatoms. The van der Waals surface area contributed by atoms with E-state index in [9.17, 15) is 10.2 Å². The fourth-order valence-electron chi connectivity index (χ4n) is 3.93. The molecule has 4 nitrogen and oxygen atoms in total. The molecule has 2 N–H and O–H groups in total. The van der Waals surface area contributed by atoms with Gasteiger partial charge in [0.1, 0.15) is 23.0 Å². The number of hydrogen-bond acceptors (Lipinski definition) is 4. The first-order valence-corrected chi connectivity index (χ1v) is 10.6. The van der Waals surface area contributed by atoms with Crippen LogP contribution in [-0.2, 0) is 11.2 Å². The predicted octanol–water partition coefficient (Wildman–Crippen LogP) is 6.81. The molecule has 0 bridgehead atoms. The van der Waals surface area contributed by atoms with Gasteiger partial charge >= 0.3 is 0 Å². The van der Waals surface area contributed by atoms with E-state index in [0.717, 1.165) is 35.3 Å². The molecular weight excluding hydrogens is 400 g/mol. The summed E-state index contributed by atoms with van der Waals surface area (Å²) in [5.74, 6) is 1.74. The lowest BCUT2D eigenvalue weighted by Gasteiger charge is -2.18. The van der Waals surface area contributed by atoms with E-state index in [1.165, 1.54) is 0 Å². The summed E-state index contributed by atoms with van der Waals surface area (Å²) in [6.07, 6.45) is 8.27. The lowest BCUT2D eigenvalue weighted by molar-refractivity contribution is 0.299. The van der Waals surface area contributed by atoms with E-state index in [1.54, 1.807) is 20.3 Å². The average Bonchev–Trinajstić information content (AvgIpc) is 2.84. The molecule has 1 aliphatic carbocycles. The molecule has 32 heavy (non-hydrogen) atoms. The van der Waals surface area contributed by atoms with Gasteiger partial charge in [-0.15, -0.1) is 0 Å². The molecule has 3 rings (SSSR count). The van der Waals surface area contributed by atoms with E-state index in [4.69, 9.17) is 9.47 Å². The number of aromatic hydroxyl groups is 1. The Kier molecular flexibility index (Phi) is 7.61. The summed E-state index contributed by atoms with van der Waals surface area (Å²) in [5, 5.41) is 21.9. The highest BCUT2D eigenvalue weighted by Gasteiger charge is 2.18. The molecule has 0 fully saturated rings. The normalized spacial score (nSPS) is 14.1. The molecule has 0 heterocycles. The minimum absolute atomic E-state index is 0.111. The molecule has 1 aliphatic rings. The maximum absolute atomic E-state index is 11.0. The Balaban J connectivity index is 1.86. The van der Waals surface area contributed by atoms with Crippen molar-refractivity contribution in [1.29, 1.82) is 0 Å². The van der Waals surface area contributed by atoms with Crippen molar-refractivity contribution in [2.24, 2.45) is 0 Å². The second kappa shape index (κ2) is 10.6. The van der Waals surface area contributed by atoms with Gasteiger partial charge in [0.2, 0.25) is 0 Å². The highest BCUT2D eigenvalue weighted by Crippen LogP contribution is 2.38. The Morgan fingerprint density at radius 1 is 1.06 bits per heavy atom. The summed E-state index contributed by atoms with van der Waals surface area (Å²) in [6.45, 7) is 7.97. The number of aliphatic hydroxyl groups excluding tert-OH is 1.